The summed E-state index contributed by atoms with van der Waals surface area (Å²) in [7, 11) is 0. The molecule has 6 heteroatoms. The third-order valence-corrected chi connectivity index (χ3v) is 2.91. The van der Waals surface area contributed by atoms with Crippen LogP contribution in [0.2, 0.25) is 5.02 Å². The van der Waals surface area contributed by atoms with Crippen molar-refractivity contribution in [2.45, 2.75) is 13.2 Å². The molecule has 0 fully saturated rings. The molecule has 0 saturated heterocycles. The number of hydrogen-bond donors (Lipinski definition) is 0. The number of halogens is 2. The Labute approximate surface area is 119 Å². The fourth-order valence-electron chi connectivity index (χ4n) is 1.66. The first-order chi connectivity index (χ1) is 9.56. The maximum atomic E-state index is 13.4. The molecule has 0 aromatic heterocycles. The van der Waals surface area contributed by atoms with Crippen molar-refractivity contribution < 1.29 is 14.1 Å². The molecule has 0 spiro atoms. The minimum atomic E-state index is -0.859. The normalized spacial score (nSPS) is 10.5. The van der Waals surface area contributed by atoms with Gasteiger partial charge in [0, 0.05) is 11.1 Å². The van der Waals surface area contributed by atoms with E-state index in [9.17, 15) is 14.5 Å². The van der Waals surface area contributed by atoms with E-state index in [0.717, 1.165) is 17.7 Å². The number of nitrogens with zero attached hydrogens (tertiary/aromatic N) is 1. The van der Waals surface area contributed by atoms with Gasteiger partial charge in [-0.15, -0.1) is 0 Å². The highest BCUT2D eigenvalue weighted by atomic mass is 35.5. The molecule has 0 saturated carbocycles. The Morgan fingerprint density at radius 2 is 1.70 bits per heavy atom. The predicted molar refractivity (Wildman–Crippen MR) is 73.0 cm³/mol. The van der Waals surface area contributed by atoms with Gasteiger partial charge < -0.3 is 4.74 Å². The van der Waals surface area contributed by atoms with E-state index < -0.39 is 16.4 Å². The van der Waals surface area contributed by atoms with Crippen molar-refractivity contribution in [3.05, 3.63) is 74.5 Å². The number of ether oxygens (including phenoxy) is 1. The molecule has 0 atom stereocenters. The Morgan fingerprint density at radius 1 is 1.10 bits per heavy atom. The monoisotopic (exact) mass is 295 g/mol. The minimum absolute atomic E-state index is 0.178. The van der Waals surface area contributed by atoms with Crippen LogP contribution in [0.25, 0.3) is 0 Å². The molecule has 0 heterocycles. The van der Waals surface area contributed by atoms with Gasteiger partial charge in [-0.25, -0.2) is 0 Å². The van der Waals surface area contributed by atoms with Crippen molar-refractivity contribution >= 4 is 17.3 Å². The molecule has 2 aromatic carbocycles. The molecule has 104 valence electrons. The van der Waals surface area contributed by atoms with E-state index in [2.05, 4.69) is 0 Å². The molecule has 0 radical (unpaired) electrons. The summed E-state index contributed by atoms with van der Waals surface area (Å²) in [5.74, 6) is -0.859. The van der Waals surface area contributed by atoms with Crippen LogP contribution in [0.5, 0.6) is 0 Å². The van der Waals surface area contributed by atoms with Crippen molar-refractivity contribution in [2.75, 3.05) is 0 Å². The Hall–Kier alpha value is -1.98. The first-order valence-corrected chi connectivity index (χ1v) is 6.19. The van der Waals surface area contributed by atoms with E-state index in [1.165, 1.54) is 6.07 Å². The zero-order valence-electron chi connectivity index (χ0n) is 10.4. The standard InChI is InChI=1S/C14H11ClFNO3/c15-12-4-1-10(2-5-12)8-20-9-11-3-6-14(17(18)19)13(16)7-11/h1-7H,8-9H2. The topological polar surface area (TPSA) is 52.4 Å². The van der Waals surface area contributed by atoms with Crippen LogP contribution in [0.15, 0.2) is 42.5 Å². The van der Waals surface area contributed by atoms with Crippen LogP contribution in [0, 0.1) is 15.9 Å². The van der Waals surface area contributed by atoms with Crippen molar-refractivity contribution in [2.24, 2.45) is 0 Å². The van der Waals surface area contributed by atoms with Crippen LogP contribution in [-0.2, 0) is 18.0 Å². The van der Waals surface area contributed by atoms with E-state index in [0.29, 0.717) is 17.2 Å². The average Bonchev–Trinajstić information content (AvgIpc) is 2.41. The highest BCUT2D eigenvalue weighted by Crippen LogP contribution is 2.19. The molecule has 2 aromatic rings. The van der Waals surface area contributed by atoms with Crippen LogP contribution in [0.4, 0.5) is 10.1 Å². The fourth-order valence-corrected chi connectivity index (χ4v) is 1.78. The first kappa shape index (κ1) is 14.4. The quantitative estimate of drug-likeness (QED) is 0.616. The summed E-state index contributed by atoms with van der Waals surface area (Å²) >= 11 is 5.76. The van der Waals surface area contributed by atoms with E-state index in [4.69, 9.17) is 16.3 Å². The Morgan fingerprint density at radius 3 is 2.30 bits per heavy atom. The van der Waals surface area contributed by atoms with Crippen molar-refractivity contribution in [3.8, 4) is 0 Å². The van der Waals surface area contributed by atoms with Gasteiger partial charge in [0.05, 0.1) is 18.1 Å². The molecule has 0 aliphatic rings. The number of hydrogen-bond acceptors (Lipinski definition) is 3. The summed E-state index contributed by atoms with van der Waals surface area (Å²) in [6.07, 6.45) is 0. The number of nitro groups is 1. The van der Waals surface area contributed by atoms with E-state index in [1.54, 1.807) is 12.1 Å². The van der Waals surface area contributed by atoms with Gasteiger partial charge in [0.1, 0.15) is 0 Å². The van der Waals surface area contributed by atoms with Crippen LogP contribution in [0.1, 0.15) is 11.1 Å². The number of benzene rings is 2. The summed E-state index contributed by atoms with van der Waals surface area (Å²) in [4.78, 5) is 9.73. The SMILES string of the molecule is O=[N+]([O-])c1ccc(COCc2ccc(Cl)cc2)cc1F. The predicted octanol–water partition coefficient (Wildman–Crippen LogP) is 4.10. The molecule has 0 N–H and O–H groups in total. The second kappa shape index (κ2) is 6.45. The lowest BCUT2D eigenvalue weighted by Gasteiger charge is -2.05. The van der Waals surface area contributed by atoms with Gasteiger partial charge in [0.25, 0.3) is 0 Å². The van der Waals surface area contributed by atoms with Crippen LogP contribution in [0.3, 0.4) is 0 Å². The molecule has 0 bridgehead atoms. The third kappa shape index (κ3) is 3.76. The molecule has 4 nitrogen and oxygen atoms in total. The van der Waals surface area contributed by atoms with Gasteiger partial charge in [-0.3, -0.25) is 10.1 Å². The zero-order chi connectivity index (χ0) is 14.5. The molecule has 0 aliphatic carbocycles. The smallest absolute Gasteiger partial charge is 0.304 e. The van der Waals surface area contributed by atoms with E-state index in [-0.39, 0.29) is 6.61 Å². The number of rotatable bonds is 5. The van der Waals surface area contributed by atoms with E-state index >= 15 is 0 Å². The molecule has 0 unspecified atom stereocenters. The Kier molecular flexibility index (Phi) is 4.65. The summed E-state index contributed by atoms with van der Waals surface area (Å²) < 4.78 is 18.8. The Bertz CT molecular complexity index is 616. The van der Waals surface area contributed by atoms with Crippen molar-refractivity contribution in [3.63, 3.8) is 0 Å². The highest BCUT2D eigenvalue weighted by molar-refractivity contribution is 6.30. The van der Waals surface area contributed by atoms with Gasteiger partial charge in [-0.05, 0) is 35.4 Å². The van der Waals surface area contributed by atoms with Crippen LogP contribution < -0.4 is 0 Å². The summed E-state index contributed by atoms with van der Waals surface area (Å²) in [5, 5.41) is 11.1. The second-order valence-electron chi connectivity index (χ2n) is 4.16. The molecule has 0 aliphatic heterocycles. The lowest BCUT2D eigenvalue weighted by atomic mass is 10.2. The summed E-state index contributed by atoms with van der Waals surface area (Å²) in [6, 6.07) is 10.9. The molecule has 0 amide bonds. The first-order valence-electron chi connectivity index (χ1n) is 5.81. The van der Waals surface area contributed by atoms with Gasteiger partial charge in [0.2, 0.25) is 5.82 Å². The molecule has 2 rings (SSSR count). The maximum absolute atomic E-state index is 13.4. The van der Waals surface area contributed by atoms with E-state index in [1.807, 2.05) is 12.1 Å². The van der Waals surface area contributed by atoms with Gasteiger partial charge >= 0.3 is 5.69 Å². The Balaban J connectivity index is 1.92. The minimum Gasteiger partial charge on any atom is -0.372 e. The summed E-state index contributed by atoms with van der Waals surface area (Å²) in [5.41, 5.74) is 0.949. The number of nitro benzene ring substituents is 1. The molecular weight excluding hydrogens is 285 g/mol. The summed E-state index contributed by atoms with van der Waals surface area (Å²) in [6.45, 7) is 0.535. The van der Waals surface area contributed by atoms with Crippen LogP contribution in [-0.4, -0.2) is 4.92 Å². The van der Waals surface area contributed by atoms with Crippen LogP contribution >= 0.6 is 11.6 Å². The lowest BCUT2D eigenvalue weighted by molar-refractivity contribution is -0.387. The van der Waals surface area contributed by atoms with Gasteiger partial charge in [-0.1, -0.05) is 23.7 Å². The van der Waals surface area contributed by atoms with Crippen molar-refractivity contribution in [1.82, 2.24) is 0 Å². The lowest BCUT2D eigenvalue weighted by Crippen LogP contribution is -1.97. The zero-order valence-corrected chi connectivity index (χ0v) is 11.1. The third-order valence-electron chi connectivity index (χ3n) is 2.66. The largest absolute Gasteiger partial charge is 0.372 e. The highest BCUT2D eigenvalue weighted by Gasteiger charge is 2.13. The molecular formula is C14H11ClFNO3. The van der Waals surface area contributed by atoms with Gasteiger partial charge in [0.15, 0.2) is 0 Å². The van der Waals surface area contributed by atoms with Gasteiger partial charge in [-0.2, -0.15) is 4.39 Å². The fraction of sp³-hybridized carbons (Fsp3) is 0.143. The average molecular weight is 296 g/mol. The van der Waals surface area contributed by atoms with Crippen molar-refractivity contribution in [1.29, 1.82) is 0 Å². The second-order valence-corrected chi connectivity index (χ2v) is 4.60. The molecule has 20 heavy (non-hydrogen) atoms. The maximum Gasteiger partial charge on any atom is 0.304 e.